The van der Waals surface area contributed by atoms with Crippen molar-refractivity contribution in [2.24, 2.45) is 7.05 Å². The summed E-state index contributed by atoms with van der Waals surface area (Å²) >= 11 is 0. The Labute approximate surface area is 141 Å². The molecule has 0 spiro atoms. The fourth-order valence-electron chi connectivity index (χ4n) is 2.20. The highest BCUT2D eigenvalue weighted by molar-refractivity contribution is 5.94. The first-order valence-corrected chi connectivity index (χ1v) is 7.76. The molecule has 2 aromatic rings. The summed E-state index contributed by atoms with van der Waals surface area (Å²) < 4.78 is 6.70. The summed E-state index contributed by atoms with van der Waals surface area (Å²) in [5, 5.41) is 6.72. The van der Waals surface area contributed by atoms with E-state index in [1.807, 2.05) is 30.3 Å². The number of aryl methyl sites for hydroxylation is 1. The molecular formula is C18H21N3O3. The number of esters is 1. The fourth-order valence-corrected chi connectivity index (χ4v) is 2.20. The van der Waals surface area contributed by atoms with Crippen LogP contribution in [-0.4, -0.2) is 34.3 Å². The van der Waals surface area contributed by atoms with Gasteiger partial charge in [-0.3, -0.25) is 9.48 Å². The quantitative estimate of drug-likeness (QED) is 0.621. The number of amides is 1. The van der Waals surface area contributed by atoms with E-state index >= 15 is 0 Å². The second-order valence-electron chi connectivity index (χ2n) is 5.28. The van der Waals surface area contributed by atoms with Crippen LogP contribution in [0.25, 0.3) is 6.08 Å². The van der Waals surface area contributed by atoms with Gasteiger partial charge in [0, 0.05) is 31.3 Å². The lowest BCUT2D eigenvalue weighted by Gasteiger charge is -2.16. The maximum atomic E-state index is 12.1. The number of rotatable bonds is 7. The summed E-state index contributed by atoms with van der Waals surface area (Å²) in [6.45, 7) is 2.01. The van der Waals surface area contributed by atoms with Crippen molar-refractivity contribution >= 4 is 18.0 Å². The van der Waals surface area contributed by atoms with Crippen molar-refractivity contribution in [2.75, 3.05) is 6.61 Å². The SMILES string of the molecule is CCOC(=O)[C@@H](Cc1ccccc1)NC(=O)/C=C\c1cnn(C)c1. The second kappa shape index (κ2) is 8.67. The van der Waals surface area contributed by atoms with E-state index in [2.05, 4.69) is 10.4 Å². The van der Waals surface area contributed by atoms with Gasteiger partial charge in [0.15, 0.2) is 0 Å². The first kappa shape index (κ1) is 17.5. The van der Waals surface area contributed by atoms with E-state index in [1.165, 1.54) is 6.08 Å². The molecule has 0 radical (unpaired) electrons. The maximum Gasteiger partial charge on any atom is 0.328 e. The first-order valence-electron chi connectivity index (χ1n) is 7.76. The van der Waals surface area contributed by atoms with Gasteiger partial charge in [-0.15, -0.1) is 0 Å². The molecule has 0 aliphatic rings. The number of carbonyl (C=O) groups excluding carboxylic acids is 2. The zero-order valence-corrected chi connectivity index (χ0v) is 13.8. The van der Waals surface area contributed by atoms with Gasteiger partial charge in [-0.05, 0) is 18.6 Å². The predicted molar refractivity (Wildman–Crippen MR) is 91.0 cm³/mol. The number of benzene rings is 1. The molecule has 1 amide bonds. The third kappa shape index (κ3) is 5.39. The number of hydrogen-bond donors (Lipinski definition) is 1. The molecule has 24 heavy (non-hydrogen) atoms. The van der Waals surface area contributed by atoms with Crippen molar-refractivity contribution in [1.82, 2.24) is 15.1 Å². The largest absolute Gasteiger partial charge is 0.464 e. The second-order valence-corrected chi connectivity index (χ2v) is 5.28. The molecule has 2 rings (SSSR count). The smallest absolute Gasteiger partial charge is 0.328 e. The summed E-state index contributed by atoms with van der Waals surface area (Å²) in [4.78, 5) is 24.2. The van der Waals surface area contributed by atoms with E-state index in [4.69, 9.17) is 4.74 Å². The summed E-state index contributed by atoms with van der Waals surface area (Å²) in [7, 11) is 1.80. The van der Waals surface area contributed by atoms with Gasteiger partial charge in [-0.25, -0.2) is 4.79 Å². The van der Waals surface area contributed by atoms with E-state index in [-0.39, 0.29) is 12.5 Å². The number of ether oxygens (including phenoxy) is 1. The minimum absolute atomic E-state index is 0.269. The number of aromatic nitrogens is 2. The lowest BCUT2D eigenvalue weighted by atomic mass is 10.1. The zero-order valence-electron chi connectivity index (χ0n) is 13.8. The van der Waals surface area contributed by atoms with Crippen molar-refractivity contribution in [3.05, 3.63) is 59.9 Å². The molecule has 0 bridgehead atoms. The van der Waals surface area contributed by atoms with Crippen LogP contribution < -0.4 is 5.32 Å². The average Bonchev–Trinajstić information content (AvgIpc) is 2.99. The minimum atomic E-state index is -0.724. The van der Waals surface area contributed by atoms with E-state index in [1.54, 1.807) is 37.1 Å². The van der Waals surface area contributed by atoms with Crippen LogP contribution in [0.4, 0.5) is 0 Å². The highest BCUT2D eigenvalue weighted by Gasteiger charge is 2.21. The maximum absolute atomic E-state index is 12.1. The van der Waals surface area contributed by atoms with Crippen molar-refractivity contribution in [1.29, 1.82) is 0 Å². The number of nitrogens with zero attached hydrogens (tertiary/aromatic N) is 2. The van der Waals surface area contributed by atoms with E-state index in [0.717, 1.165) is 11.1 Å². The van der Waals surface area contributed by atoms with Gasteiger partial charge in [-0.1, -0.05) is 30.3 Å². The average molecular weight is 327 g/mol. The zero-order chi connectivity index (χ0) is 17.4. The molecule has 0 fully saturated rings. The Bertz CT molecular complexity index is 707. The van der Waals surface area contributed by atoms with Crippen molar-refractivity contribution in [3.63, 3.8) is 0 Å². The van der Waals surface area contributed by atoms with Crippen LogP contribution in [0.5, 0.6) is 0 Å². The van der Waals surface area contributed by atoms with Gasteiger partial charge in [-0.2, -0.15) is 5.10 Å². The lowest BCUT2D eigenvalue weighted by Crippen LogP contribution is -2.42. The molecule has 6 heteroatoms. The molecule has 0 saturated heterocycles. The molecule has 6 nitrogen and oxygen atoms in total. The molecule has 1 aromatic heterocycles. The Morgan fingerprint density at radius 1 is 1.33 bits per heavy atom. The Balaban J connectivity index is 2.02. The number of nitrogens with one attached hydrogen (secondary N) is 1. The normalized spacial score (nSPS) is 12.1. The Kier molecular flexibility index (Phi) is 6.31. The molecule has 0 saturated carbocycles. The third-order valence-corrected chi connectivity index (χ3v) is 3.32. The van der Waals surface area contributed by atoms with Crippen molar-refractivity contribution in [3.8, 4) is 0 Å². The van der Waals surface area contributed by atoms with Gasteiger partial charge >= 0.3 is 5.97 Å². The Morgan fingerprint density at radius 3 is 2.71 bits per heavy atom. The molecule has 1 heterocycles. The molecule has 1 N–H and O–H groups in total. The van der Waals surface area contributed by atoms with Gasteiger partial charge in [0.1, 0.15) is 6.04 Å². The molecular weight excluding hydrogens is 306 g/mol. The van der Waals surface area contributed by atoms with Gasteiger partial charge in [0.05, 0.1) is 12.8 Å². The molecule has 126 valence electrons. The standard InChI is InChI=1S/C18H21N3O3/c1-3-24-18(23)16(11-14-7-5-4-6-8-14)20-17(22)10-9-15-12-19-21(2)13-15/h4-10,12-13,16H,3,11H2,1-2H3,(H,20,22)/b10-9-/t16-/m1/s1. The lowest BCUT2D eigenvalue weighted by molar-refractivity contribution is -0.146. The minimum Gasteiger partial charge on any atom is -0.464 e. The first-order chi connectivity index (χ1) is 11.6. The van der Waals surface area contributed by atoms with Crippen LogP contribution >= 0.6 is 0 Å². The van der Waals surface area contributed by atoms with Crippen LogP contribution in [0.3, 0.4) is 0 Å². The predicted octanol–water partition coefficient (Wildman–Crippen LogP) is 1.72. The van der Waals surface area contributed by atoms with Gasteiger partial charge in [0.25, 0.3) is 0 Å². The third-order valence-electron chi connectivity index (χ3n) is 3.32. The Morgan fingerprint density at radius 2 is 2.08 bits per heavy atom. The summed E-state index contributed by atoms with van der Waals surface area (Å²) in [6, 6.07) is 8.77. The van der Waals surface area contributed by atoms with E-state index in [0.29, 0.717) is 6.42 Å². The van der Waals surface area contributed by atoms with E-state index in [9.17, 15) is 9.59 Å². The number of hydrogen-bond acceptors (Lipinski definition) is 4. The van der Waals surface area contributed by atoms with Crippen LogP contribution in [0, 0.1) is 0 Å². The molecule has 0 unspecified atom stereocenters. The van der Waals surface area contributed by atoms with Crippen LogP contribution in [0.15, 0.2) is 48.8 Å². The molecule has 0 aliphatic heterocycles. The van der Waals surface area contributed by atoms with Crippen molar-refractivity contribution in [2.45, 2.75) is 19.4 Å². The fraction of sp³-hybridized carbons (Fsp3) is 0.278. The van der Waals surface area contributed by atoms with E-state index < -0.39 is 12.0 Å². The highest BCUT2D eigenvalue weighted by atomic mass is 16.5. The molecule has 1 aromatic carbocycles. The summed E-state index contributed by atoms with van der Waals surface area (Å²) in [6.07, 6.45) is 6.85. The highest BCUT2D eigenvalue weighted by Crippen LogP contribution is 2.05. The van der Waals surface area contributed by atoms with Crippen LogP contribution in [0.1, 0.15) is 18.1 Å². The van der Waals surface area contributed by atoms with Gasteiger partial charge < -0.3 is 10.1 Å². The Hall–Kier alpha value is -2.89. The number of carbonyl (C=O) groups is 2. The van der Waals surface area contributed by atoms with Gasteiger partial charge in [0.2, 0.25) is 5.91 Å². The van der Waals surface area contributed by atoms with Crippen LogP contribution in [-0.2, 0) is 27.8 Å². The molecule has 0 aliphatic carbocycles. The van der Waals surface area contributed by atoms with Crippen molar-refractivity contribution < 1.29 is 14.3 Å². The topological polar surface area (TPSA) is 73.2 Å². The van der Waals surface area contributed by atoms with Crippen LogP contribution in [0.2, 0.25) is 0 Å². The molecule has 1 atom stereocenters. The summed E-state index contributed by atoms with van der Waals surface area (Å²) in [5.41, 5.74) is 1.76. The summed E-state index contributed by atoms with van der Waals surface area (Å²) in [5.74, 6) is -0.794. The monoisotopic (exact) mass is 327 g/mol.